The molecule has 388 valence electrons. The second kappa shape index (κ2) is 28.3. The average molecular weight is 1110 g/mol. The van der Waals surface area contributed by atoms with E-state index in [0.29, 0.717) is 75.4 Å². The van der Waals surface area contributed by atoms with E-state index in [1.54, 1.807) is 48.6 Å². The van der Waals surface area contributed by atoms with E-state index in [9.17, 15) is 25.9 Å². The van der Waals surface area contributed by atoms with E-state index in [1.165, 1.54) is 12.4 Å². The molecule has 0 amide bonds. The van der Waals surface area contributed by atoms with Crippen LogP contribution in [0, 0.1) is 0 Å². The molecule has 0 unspecified atom stereocenters. The molecule has 0 radical (unpaired) electrons. The summed E-state index contributed by atoms with van der Waals surface area (Å²) in [6.45, 7) is 3.80. The second-order valence-corrected chi connectivity index (χ2v) is 19.6. The summed E-state index contributed by atoms with van der Waals surface area (Å²) in [6, 6.07) is 44.3. The van der Waals surface area contributed by atoms with E-state index >= 15 is 0 Å². The molecule has 4 N–H and O–H groups in total. The molecule has 0 saturated carbocycles. The standard InChI is InChI=1S/2C27H26N6O4S.2Na/c2*34-38(35,36)27-21(12-11-20-7-3-1-4-8-20)19-23(29-22-9-5-2-6-10-22)26(33-15-17-37-18-16-33)25(27)30-24-13-14-28-32-31-24;;/h2*1-14,19,29H,15-18H2,(H,28,30,31)(H,34,35,36);;/q;;2*+1/p-2. The summed E-state index contributed by atoms with van der Waals surface area (Å²) in [5, 5.41) is 35.6. The summed E-state index contributed by atoms with van der Waals surface area (Å²) in [5.41, 5.74) is 6.23. The van der Waals surface area contributed by atoms with Crippen molar-refractivity contribution in [2.75, 3.05) is 83.7 Å². The Morgan fingerprint density at radius 1 is 0.462 bits per heavy atom. The van der Waals surface area contributed by atoms with Gasteiger partial charge in [-0.1, -0.05) is 121 Å². The van der Waals surface area contributed by atoms with Crippen molar-refractivity contribution in [2.45, 2.75) is 9.79 Å². The third-order valence-corrected chi connectivity index (χ3v) is 13.7. The van der Waals surface area contributed by atoms with Crippen LogP contribution in [-0.4, -0.2) is 109 Å². The zero-order valence-corrected chi connectivity index (χ0v) is 48.3. The van der Waals surface area contributed by atoms with E-state index in [2.05, 4.69) is 52.1 Å². The Morgan fingerprint density at radius 2 is 0.808 bits per heavy atom. The summed E-state index contributed by atoms with van der Waals surface area (Å²) in [4.78, 5) is 3.21. The van der Waals surface area contributed by atoms with Crippen LogP contribution < -0.4 is 90.2 Å². The number of para-hydroxylation sites is 2. The molecule has 4 heterocycles. The molecular formula is C54H50N12Na2O8S2. The summed E-state index contributed by atoms with van der Waals surface area (Å²) < 4.78 is 88.1. The second-order valence-electron chi connectivity index (χ2n) is 17.0. The molecular weight excluding hydrogens is 1050 g/mol. The van der Waals surface area contributed by atoms with E-state index in [-0.39, 0.29) is 103 Å². The van der Waals surface area contributed by atoms with Crippen molar-refractivity contribution in [1.82, 2.24) is 30.8 Å². The molecule has 0 bridgehead atoms. The first-order chi connectivity index (χ1) is 37.0. The Kier molecular flexibility index (Phi) is 21.4. The first kappa shape index (κ1) is 59.0. The van der Waals surface area contributed by atoms with Gasteiger partial charge in [0, 0.05) is 49.7 Å². The van der Waals surface area contributed by atoms with Crippen molar-refractivity contribution < 1.29 is 94.5 Å². The van der Waals surface area contributed by atoms with Crippen molar-refractivity contribution in [2.24, 2.45) is 0 Å². The van der Waals surface area contributed by atoms with Gasteiger partial charge in [0.2, 0.25) is 0 Å². The zero-order chi connectivity index (χ0) is 52.7. The molecule has 2 aliphatic heterocycles. The fraction of sp³-hybridized carbons (Fsp3) is 0.148. The molecule has 6 aromatic carbocycles. The Hall–Kier alpha value is -6.64. The maximum absolute atomic E-state index is 12.8. The van der Waals surface area contributed by atoms with Crippen molar-refractivity contribution >= 4 is 102 Å². The minimum atomic E-state index is -4.95. The predicted molar refractivity (Wildman–Crippen MR) is 291 cm³/mol. The molecule has 78 heavy (non-hydrogen) atoms. The number of hydrogen-bond donors (Lipinski definition) is 4. The predicted octanol–water partition coefficient (Wildman–Crippen LogP) is 2.55. The summed E-state index contributed by atoms with van der Waals surface area (Å²) in [7, 11) is -9.91. The maximum atomic E-state index is 12.8. The third-order valence-electron chi connectivity index (χ3n) is 11.8. The van der Waals surface area contributed by atoms with Gasteiger partial charge in [0.05, 0.1) is 82.7 Å². The summed E-state index contributed by atoms with van der Waals surface area (Å²) >= 11 is 0. The van der Waals surface area contributed by atoms with Gasteiger partial charge in [0.15, 0.2) is 11.6 Å². The van der Waals surface area contributed by atoms with Gasteiger partial charge >= 0.3 is 59.1 Å². The minimum absolute atomic E-state index is 0. The number of nitrogens with one attached hydrogen (secondary N) is 4. The molecule has 0 aliphatic carbocycles. The van der Waals surface area contributed by atoms with E-state index in [4.69, 9.17) is 9.47 Å². The van der Waals surface area contributed by atoms with Gasteiger partial charge in [-0.25, -0.2) is 16.8 Å². The number of ether oxygens (including phenoxy) is 2. The Balaban J connectivity index is 0.000000220. The normalized spacial score (nSPS) is 13.6. The van der Waals surface area contributed by atoms with Crippen molar-refractivity contribution in [1.29, 1.82) is 0 Å². The molecule has 20 nitrogen and oxygen atoms in total. The number of nitrogens with zero attached hydrogens (tertiary/aromatic N) is 8. The Bertz CT molecular complexity index is 3270. The molecule has 2 aliphatic rings. The smallest absolute Gasteiger partial charge is 0.744 e. The van der Waals surface area contributed by atoms with E-state index in [1.807, 2.05) is 131 Å². The van der Waals surface area contributed by atoms with Crippen LogP contribution in [0.1, 0.15) is 22.3 Å². The van der Waals surface area contributed by atoms with Crippen LogP contribution in [0.15, 0.2) is 168 Å². The van der Waals surface area contributed by atoms with Crippen molar-refractivity contribution in [3.05, 3.63) is 180 Å². The molecule has 8 aromatic rings. The number of rotatable bonds is 16. The fourth-order valence-electron chi connectivity index (χ4n) is 8.52. The molecule has 10 rings (SSSR count). The summed E-state index contributed by atoms with van der Waals surface area (Å²) in [5.74, 6) is 0.489. The SMILES string of the molecule is O=S(=O)([O-])c1c(C=Cc2ccccc2)cc(Nc2ccccc2)c(N2CCOCC2)c1Nc1ccnnn1.O=S(=O)([O-])c1c(C=Cc2ccccc2)cc(Nc2ccccc2)c(N2CCOCC2)c1Nc1ccnnn1.[Na+].[Na+]. The van der Waals surface area contributed by atoms with Crippen LogP contribution in [0.3, 0.4) is 0 Å². The van der Waals surface area contributed by atoms with Gasteiger partial charge in [-0.3, -0.25) is 0 Å². The van der Waals surface area contributed by atoms with Crippen LogP contribution in [0.2, 0.25) is 0 Å². The molecule has 0 spiro atoms. The van der Waals surface area contributed by atoms with Crippen molar-refractivity contribution in [3.63, 3.8) is 0 Å². The van der Waals surface area contributed by atoms with E-state index < -0.39 is 20.2 Å². The minimum Gasteiger partial charge on any atom is -0.744 e. The quantitative estimate of drug-likeness (QED) is 0.0615. The van der Waals surface area contributed by atoms with Gasteiger partial charge in [-0.2, -0.15) is 0 Å². The molecule has 2 aromatic heterocycles. The first-order valence-electron chi connectivity index (χ1n) is 23.9. The van der Waals surface area contributed by atoms with Crippen LogP contribution in [0.25, 0.3) is 24.3 Å². The topological polar surface area (TPSA) is 265 Å². The Labute approximate surface area is 496 Å². The fourth-order valence-corrected chi connectivity index (χ4v) is 10.1. The maximum Gasteiger partial charge on any atom is 1.00 e. The number of morpholine rings is 2. The first-order valence-corrected chi connectivity index (χ1v) is 26.7. The van der Waals surface area contributed by atoms with Gasteiger partial charge in [0.25, 0.3) is 0 Å². The largest absolute Gasteiger partial charge is 1.00 e. The number of hydrogen-bond acceptors (Lipinski definition) is 20. The van der Waals surface area contributed by atoms with Crippen LogP contribution in [-0.2, 0) is 29.7 Å². The van der Waals surface area contributed by atoms with Crippen LogP contribution >= 0.6 is 0 Å². The third kappa shape index (κ3) is 15.8. The van der Waals surface area contributed by atoms with Crippen LogP contribution in [0.4, 0.5) is 57.1 Å². The van der Waals surface area contributed by atoms with Gasteiger partial charge in [-0.15, -0.1) is 20.4 Å². The van der Waals surface area contributed by atoms with Gasteiger partial charge < -0.3 is 49.6 Å². The zero-order valence-electron chi connectivity index (χ0n) is 42.6. The molecule has 24 heteroatoms. The average Bonchev–Trinajstić information content (AvgIpc) is 3.43. The number of benzene rings is 6. The number of aromatic nitrogens is 6. The van der Waals surface area contributed by atoms with Gasteiger partial charge in [-0.05, 0) is 69.1 Å². The summed E-state index contributed by atoms with van der Waals surface area (Å²) in [6.07, 6.45) is 9.64. The Morgan fingerprint density at radius 3 is 1.13 bits per heavy atom. The van der Waals surface area contributed by atoms with Crippen LogP contribution in [0.5, 0.6) is 0 Å². The monoisotopic (exact) mass is 1100 g/mol. The molecule has 0 atom stereocenters. The molecule has 2 saturated heterocycles. The molecule has 2 fully saturated rings. The van der Waals surface area contributed by atoms with E-state index in [0.717, 1.165) is 22.5 Å². The van der Waals surface area contributed by atoms with Crippen molar-refractivity contribution in [3.8, 4) is 0 Å². The number of anilines is 10. The van der Waals surface area contributed by atoms with Gasteiger partial charge in [0.1, 0.15) is 20.2 Å².